The maximum absolute atomic E-state index is 3.44. The van der Waals surface area contributed by atoms with Crippen molar-refractivity contribution in [2.45, 2.75) is 27.3 Å². The Morgan fingerprint density at radius 3 is 2.55 bits per heavy atom. The Morgan fingerprint density at radius 2 is 1.77 bits per heavy atom. The predicted octanol–water partition coefficient (Wildman–Crippen LogP) is 4.96. The number of hydrogen-bond donors (Lipinski definition) is 1. The van der Waals surface area contributed by atoms with E-state index in [-0.39, 0.29) is 17.8 Å². The summed E-state index contributed by atoms with van der Waals surface area (Å²) in [6, 6.07) is 14.9. The van der Waals surface area contributed by atoms with Crippen molar-refractivity contribution in [2.24, 2.45) is 5.41 Å². The van der Waals surface area contributed by atoms with Gasteiger partial charge in [0.1, 0.15) is 0 Å². The summed E-state index contributed by atoms with van der Waals surface area (Å²) in [6.45, 7) is 8.06. The standard InChI is InChI=1S/C20H23N.ClH/c1-20(2,3)14-7-4-8-15-21-16-18-12-9-11-17-10-5-6-13-19(17)18;/h4-6,8-13,21H,15-16H2,1-3H3;1H/b8-4+;. The third-order valence-electron chi connectivity index (χ3n) is 3.11. The quantitative estimate of drug-likeness (QED) is 0.621. The Hall–Kier alpha value is -1.75. The summed E-state index contributed by atoms with van der Waals surface area (Å²) in [5.74, 6) is 6.27. The molecule has 2 aromatic rings. The monoisotopic (exact) mass is 313 g/mol. The summed E-state index contributed by atoms with van der Waals surface area (Å²) in [5.41, 5.74) is 1.41. The number of benzene rings is 2. The molecule has 22 heavy (non-hydrogen) atoms. The highest BCUT2D eigenvalue weighted by Crippen LogP contribution is 2.18. The van der Waals surface area contributed by atoms with Gasteiger partial charge in [0.05, 0.1) is 0 Å². The molecule has 0 saturated carbocycles. The number of allylic oxidation sites excluding steroid dienone is 1. The van der Waals surface area contributed by atoms with Crippen LogP contribution < -0.4 is 5.32 Å². The van der Waals surface area contributed by atoms with Crippen molar-refractivity contribution in [2.75, 3.05) is 6.54 Å². The fourth-order valence-corrected chi connectivity index (χ4v) is 2.11. The summed E-state index contributed by atoms with van der Waals surface area (Å²) < 4.78 is 0. The maximum Gasteiger partial charge on any atom is 0.0233 e. The SMILES string of the molecule is CC(C)(C)C#C/C=C/CNCc1cccc2ccccc12.Cl. The van der Waals surface area contributed by atoms with Crippen LogP contribution in [-0.2, 0) is 6.54 Å². The fourth-order valence-electron chi connectivity index (χ4n) is 2.11. The van der Waals surface area contributed by atoms with Gasteiger partial charge in [0.25, 0.3) is 0 Å². The van der Waals surface area contributed by atoms with E-state index in [1.807, 2.05) is 6.08 Å². The van der Waals surface area contributed by atoms with E-state index in [4.69, 9.17) is 0 Å². The lowest BCUT2D eigenvalue weighted by Crippen LogP contribution is -2.12. The second-order valence-corrected chi connectivity index (χ2v) is 6.19. The van der Waals surface area contributed by atoms with E-state index >= 15 is 0 Å². The highest BCUT2D eigenvalue weighted by molar-refractivity contribution is 5.85. The van der Waals surface area contributed by atoms with Crippen molar-refractivity contribution in [3.63, 3.8) is 0 Å². The first-order chi connectivity index (χ1) is 10.1. The molecule has 0 aliphatic rings. The highest BCUT2D eigenvalue weighted by atomic mass is 35.5. The Morgan fingerprint density at radius 1 is 1.05 bits per heavy atom. The van der Waals surface area contributed by atoms with E-state index in [0.717, 1.165) is 13.1 Å². The molecule has 0 bridgehead atoms. The van der Waals surface area contributed by atoms with Gasteiger partial charge in [-0.15, -0.1) is 12.4 Å². The zero-order valence-electron chi connectivity index (χ0n) is 13.5. The molecule has 0 radical (unpaired) electrons. The molecule has 0 unspecified atom stereocenters. The first kappa shape index (κ1) is 18.3. The van der Waals surface area contributed by atoms with Gasteiger partial charge in [-0.3, -0.25) is 0 Å². The Balaban J connectivity index is 0.00000242. The van der Waals surface area contributed by atoms with Crippen molar-refractivity contribution < 1.29 is 0 Å². The number of halogens is 1. The van der Waals surface area contributed by atoms with Crippen molar-refractivity contribution in [3.05, 3.63) is 60.2 Å². The molecule has 2 aromatic carbocycles. The van der Waals surface area contributed by atoms with Crippen LogP contribution in [0, 0.1) is 17.3 Å². The average molecular weight is 314 g/mol. The maximum atomic E-state index is 3.44. The second-order valence-electron chi connectivity index (χ2n) is 6.19. The van der Waals surface area contributed by atoms with Gasteiger partial charge >= 0.3 is 0 Å². The molecule has 1 nitrogen and oxygen atoms in total. The van der Waals surface area contributed by atoms with E-state index in [1.165, 1.54) is 16.3 Å². The molecule has 0 aliphatic heterocycles. The van der Waals surface area contributed by atoms with Crippen LogP contribution in [0.3, 0.4) is 0 Å². The van der Waals surface area contributed by atoms with Gasteiger partial charge in [0.2, 0.25) is 0 Å². The summed E-state index contributed by atoms with van der Waals surface area (Å²) in [5, 5.41) is 6.05. The van der Waals surface area contributed by atoms with Crippen molar-refractivity contribution >= 4 is 23.2 Å². The Labute approximate surface area is 140 Å². The molecule has 1 N–H and O–H groups in total. The molecule has 0 amide bonds. The largest absolute Gasteiger partial charge is 0.309 e. The lowest BCUT2D eigenvalue weighted by Gasteiger charge is -2.07. The predicted molar refractivity (Wildman–Crippen MR) is 99.3 cm³/mol. The molecule has 0 heterocycles. The summed E-state index contributed by atoms with van der Waals surface area (Å²) >= 11 is 0. The first-order valence-electron chi connectivity index (χ1n) is 7.41. The van der Waals surface area contributed by atoms with Gasteiger partial charge in [0, 0.05) is 18.5 Å². The average Bonchev–Trinajstić information content (AvgIpc) is 2.45. The molecule has 0 aliphatic carbocycles. The Bertz CT molecular complexity index is 679. The molecule has 0 fully saturated rings. The van der Waals surface area contributed by atoms with Crippen molar-refractivity contribution in [3.8, 4) is 11.8 Å². The molecule has 116 valence electrons. The molecular weight excluding hydrogens is 290 g/mol. The molecule has 0 saturated heterocycles. The number of rotatable bonds is 4. The third-order valence-corrected chi connectivity index (χ3v) is 3.11. The minimum absolute atomic E-state index is 0. The Kier molecular flexibility index (Phi) is 7.18. The number of hydrogen-bond acceptors (Lipinski definition) is 1. The van der Waals surface area contributed by atoms with Gasteiger partial charge in [0.15, 0.2) is 0 Å². The minimum Gasteiger partial charge on any atom is -0.309 e. The van der Waals surface area contributed by atoms with E-state index in [0.29, 0.717) is 0 Å². The van der Waals surface area contributed by atoms with Crippen LogP contribution in [-0.4, -0.2) is 6.54 Å². The van der Waals surface area contributed by atoms with Crippen molar-refractivity contribution in [1.29, 1.82) is 0 Å². The van der Waals surface area contributed by atoms with E-state index < -0.39 is 0 Å². The molecular formula is C20H24ClN. The van der Waals surface area contributed by atoms with E-state index in [2.05, 4.69) is 86.5 Å². The van der Waals surface area contributed by atoms with E-state index in [1.54, 1.807) is 0 Å². The third kappa shape index (κ3) is 5.93. The fraction of sp³-hybridized carbons (Fsp3) is 0.300. The van der Waals surface area contributed by atoms with Gasteiger partial charge in [-0.25, -0.2) is 0 Å². The molecule has 2 rings (SSSR count). The van der Waals surface area contributed by atoms with E-state index in [9.17, 15) is 0 Å². The smallest absolute Gasteiger partial charge is 0.0233 e. The molecule has 0 aromatic heterocycles. The van der Waals surface area contributed by atoms with Gasteiger partial charge < -0.3 is 5.32 Å². The van der Waals surface area contributed by atoms with Crippen LogP contribution in [0.1, 0.15) is 26.3 Å². The summed E-state index contributed by atoms with van der Waals surface area (Å²) in [4.78, 5) is 0. The van der Waals surface area contributed by atoms with Gasteiger partial charge in [-0.05, 0) is 43.2 Å². The van der Waals surface area contributed by atoms with Crippen LogP contribution >= 0.6 is 12.4 Å². The lowest BCUT2D eigenvalue weighted by atomic mass is 9.98. The van der Waals surface area contributed by atoms with Crippen LogP contribution in [0.5, 0.6) is 0 Å². The second kappa shape index (κ2) is 8.63. The number of nitrogens with one attached hydrogen (secondary N) is 1. The van der Waals surface area contributed by atoms with Gasteiger partial charge in [-0.2, -0.15) is 0 Å². The minimum atomic E-state index is 0. The van der Waals surface area contributed by atoms with Gasteiger partial charge in [-0.1, -0.05) is 60.4 Å². The normalized spacial score (nSPS) is 11.0. The number of fused-ring (bicyclic) bond motifs is 1. The molecule has 2 heteroatoms. The van der Waals surface area contributed by atoms with Crippen LogP contribution in [0.2, 0.25) is 0 Å². The zero-order chi connectivity index (χ0) is 15.1. The van der Waals surface area contributed by atoms with Crippen molar-refractivity contribution in [1.82, 2.24) is 5.32 Å². The van der Waals surface area contributed by atoms with Crippen LogP contribution in [0.25, 0.3) is 10.8 Å². The van der Waals surface area contributed by atoms with Crippen LogP contribution in [0.4, 0.5) is 0 Å². The summed E-state index contributed by atoms with van der Waals surface area (Å²) in [6.07, 6.45) is 4.01. The summed E-state index contributed by atoms with van der Waals surface area (Å²) in [7, 11) is 0. The first-order valence-corrected chi connectivity index (χ1v) is 7.41. The zero-order valence-corrected chi connectivity index (χ0v) is 14.3. The van der Waals surface area contributed by atoms with Crippen LogP contribution in [0.15, 0.2) is 54.6 Å². The molecule has 0 spiro atoms. The lowest BCUT2D eigenvalue weighted by molar-refractivity contribution is 0.571. The highest BCUT2D eigenvalue weighted by Gasteiger charge is 2.02. The topological polar surface area (TPSA) is 12.0 Å². The molecule has 0 atom stereocenters.